The van der Waals surface area contributed by atoms with Gasteiger partial charge in [0.05, 0.1) is 24.2 Å². The Balaban J connectivity index is 1.19. The molecule has 1 aliphatic carbocycles. The van der Waals surface area contributed by atoms with Crippen molar-refractivity contribution in [3.63, 3.8) is 0 Å². The van der Waals surface area contributed by atoms with Gasteiger partial charge in [0.2, 0.25) is 5.28 Å². The number of benzene rings is 2. The molecule has 42 heavy (non-hydrogen) atoms. The van der Waals surface area contributed by atoms with Crippen LogP contribution in [0.2, 0.25) is 5.28 Å². The molecule has 2 atom stereocenters. The highest BCUT2D eigenvalue weighted by atomic mass is 35.5. The number of hydrogen-bond acceptors (Lipinski definition) is 7. The first-order valence-electron chi connectivity index (χ1n) is 14.4. The van der Waals surface area contributed by atoms with E-state index in [1.807, 2.05) is 36.4 Å². The molecule has 1 amide bonds. The average Bonchev–Trinajstić information content (AvgIpc) is 3.25. The van der Waals surface area contributed by atoms with E-state index in [-0.39, 0.29) is 41.6 Å². The second-order valence-corrected chi connectivity index (χ2v) is 12.3. The molecule has 3 heterocycles. The van der Waals surface area contributed by atoms with Gasteiger partial charge in [0, 0.05) is 55.3 Å². The first kappa shape index (κ1) is 28.2. The standard InChI is InChI=1S/C32H34ClFN6O2/c1-32(2)20-40(28-16-22(34)8-11-26(28)32)23-9-10-25-27(17-23)36-30(33)37-29(25)38-14-15-39(24(18-38)12-13-35)31(41)42-19-21-6-4-3-5-7-21/h3-8,11,16,23-24H,9-10,12,14-15,17-20H2,1-2H3/t23-,24+/m1/s1. The van der Waals surface area contributed by atoms with Gasteiger partial charge in [-0.05, 0) is 47.7 Å². The lowest BCUT2D eigenvalue weighted by molar-refractivity contribution is 0.0768. The summed E-state index contributed by atoms with van der Waals surface area (Å²) in [5.74, 6) is 0.548. The van der Waals surface area contributed by atoms with Crippen LogP contribution >= 0.6 is 11.6 Å². The maximum Gasteiger partial charge on any atom is 0.410 e. The zero-order valence-electron chi connectivity index (χ0n) is 23.9. The van der Waals surface area contributed by atoms with E-state index in [0.29, 0.717) is 26.1 Å². The van der Waals surface area contributed by atoms with E-state index in [2.05, 4.69) is 39.7 Å². The zero-order valence-corrected chi connectivity index (χ0v) is 24.6. The molecule has 3 aliphatic rings. The average molecular weight is 589 g/mol. The van der Waals surface area contributed by atoms with E-state index in [9.17, 15) is 14.4 Å². The van der Waals surface area contributed by atoms with Crippen LogP contribution in [0.15, 0.2) is 48.5 Å². The predicted molar refractivity (Wildman–Crippen MR) is 159 cm³/mol. The van der Waals surface area contributed by atoms with Gasteiger partial charge in [0.1, 0.15) is 18.2 Å². The highest BCUT2D eigenvalue weighted by molar-refractivity contribution is 6.28. The molecule has 10 heteroatoms. The number of carbonyl (C=O) groups excluding carboxylic acids is 1. The number of anilines is 2. The minimum absolute atomic E-state index is 0.0739. The van der Waals surface area contributed by atoms with Crippen LogP contribution in [0.3, 0.4) is 0 Å². The first-order valence-corrected chi connectivity index (χ1v) is 14.8. The Morgan fingerprint density at radius 3 is 2.79 bits per heavy atom. The Hall–Kier alpha value is -3.90. The van der Waals surface area contributed by atoms with E-state index in [4.69, 9.17) is 16.3 Å². The normalized spacial score (nSPS) is 21.0. The van der Waals surface area contributed by atoms with Crippen molar-refractivity contribution in [2.24, 2.45) is 0 Å². The number of nitrogens with zero attached hydrogens (tertiary/aromatic N) is 6. The Morgan fingerprint density at radius 1 is 1.19 bits per heavy atom. The number of aromatic nitrogens is 2. The van der Waals surface area contributed by atoms with Gasteiger partial charge in [0.25, 0.3) is 0 Å². The minimum atomic E-state index is -0.422. The van der Waals surface area contributed by atoms with Crippen molar-refractivity contribution >= 4 is 29.2 Å². The SMILES string of the molecule is CC1(C)CN([C@@H]2CCc3c(nc(Cl)nc3N3CCN(C(=O)OCc4ccccc4)[C@@H](CC#N)C3)C2)c2cc(F)ccc21. The maximum atomic E-state index is 14.3. The topological polar surface area (TPSA) is 85.6 Å². The zero-order chi connectivity index (χ0) is 29.4. The fourth-order valence-electron chi connectivity index (χ4n) is 6.68. The highest BCUT2D eigenvalue weighted by Crippen LogP contribution is 2.44. The summed E-state index contributed by atoms with van der Waals surface area (Å²) in [6.07, 6.45) is 2.08. The number of piperazine rings is 1. The molecule has 218 valence electrons. The Kier molecular flexibility index (Phi) is 7.67. The third-order valence-electron chi connectivity index (χ3n) is 8.75. The largest absolute Gasteiger partial charge is 0.445 e. The van der Waals surface area contributed by atoms with Crippen LogP contribution < -0.4 is 9.80 Å². The molecule has 0 saturated carbocycles. The van der Waals surface area contributed by atoms with Gasteiger partial charge < -0.3 is 19.4 Å². The summed E-state index contributed by atoms with van der Waals surface area (Å²) < 4.78 is 19.9. The van der Waals surface area contributed by atoms with Crippen LogP contribution in [-0.4, -0.2) is 59.2 Å². The van der Waals surface area contributed by atoms with Crippen molar-refractivity contribution in [1.82, 2.24) is 14.9 Å². The third-order valence-corrected chi connectivity index (χ3v) is 8.92. The molecule has 1 aromatic heterocycles. The summed E-state index contributed by atoms with van der Waals surface area (Å²) in [4.78, 5) is 28.4. The first-order chi connectivity index (χ1) is 20.2. The van der Waals surface area contributed by atoms with E-state index in [0.717, 1.165) is 47.7 Å². The molecule has 0 unspecified atom stereocenters. The minimum Gasteiger partial charge on any atom is -0.445 e. The summed E-state index contributed by atoms with van der Waals surface area (Å²) in [5.41, 5.74) is 4.93. The Labute approximate surface area is 250 Å². The van der Waals surface area contributed by atoms with E-state index >= 15 is 0 Å². The third kappa shape index (κ3) is 5.48. The highest BCUT2D eigenvalue weighted by Gasteiger charge is 2.41. The molecule has 1 fully saturated rings. The predicted octanol–water partition coefficient (Wildman–Crippen LogP) is 5.67. The van der Waals surface area contributed by atoms with Gasteiger partial charge in [-0.3, -0.25) is 0 Å². The van der Waals surface area contributed by atoms with Crippen LogP contribution in [0, 0.1) is 17.1 Å². The molecule has 6 rings (SSSR count). The van der Waals surface area contributed by atoms with Gasteiger partial charge in [-0.1, -0.05) is 50.2 Å². The van der Waals surface area contributed by atoms with Crippen molar-refractivity contribution in [1.29, 1.82) is 5.26 Å². The van der Waals surface area contributed by atoms with E-state index < -0.39 is 6.09 Å². The van der Waals surface area contributed by atoms with Crippen LogP contribution in [-0.2, 0) is 29.6 Å². The summed E-state index contributed by atoms with van der Waals surface area (Å²) >= 11 is 6.48. The molecule has 2 aliphatic heterocycles. The van der Waals surface area contributed by atoms with Crippen LogP contribution in [0.4, 0.5) is 20.7 Å². The van der Waals surface area contributed by atoms with Crippen molar-refractivity contribution < 1.29 is 13.9 Å². The fraction of sp³-hybridized carbons (Fsp3) is 0.438. The van der Waals surface area contributed by atoms with Gasteiger partial charge in [0.15, 0.2) is 0 Å². The summed E-state index contributed by atoms with van der Waals surface area (Å²) in [7, 11) is 0. The van der Waals surface area contributed by atoms with Gasteiger partial charge in [-0.25, -0.2) is 19.2 Å². The molecular weight excluding hydrogens is 555 g/mol. The molecule has 0 bridgehead atoms. The monoisotopic (exact) mass is 588 g/mol. The second kappa shape index (κ2) is 11.4. The smallest absolute Gasteiger partial charge is 0.410 e. The van der Waals surface area contributed by atoms with Crippen molar-refractivity contribution in [2.75, 3.05) is 36.0 Å². The second-order valence-electron chi connectivity index (χ2n) is 12.0. The molecular formula is C32H34ClFN6O2. The van der Waals surface area contributed by atoms with Crippen LogP contribution in [0.5, 0.6) is 0 Å². The number of amides is 1. The molecule has 0 radical (unpaired) electrons. The van der Waals surface area contributed by atoms with E-state index in [1.54, 1.807) is 17.0 Å². The van der Waals surface area contributed by atoms with Crippen LogP contribution in [0.1, 0.15) is 49.1 Å². The number of halogens is 2. The van der Waals surface area contributed by atoms with Crippen molar-refractivity contribution in [2.45, 2.75) is 63.6 Å². The Morgan fingerprint density at radius 2 is 2.00 bits per heavy atom. The summed E-state index contributed by atoms with van der Waals surface area (Å²) in [6.45, 7) is 6.79. The number of carbonyl (C=O) groups is 1. The van der Waals surface area contributed by atoms with Crippen molar-refractivity contribution in [3.8, 4) is 6.07 Å². The molecule has 0 spiro atoms. The van der Waals surface area contributed by atoms with Gasteiger partial charge >= 0.3 is 6.09 Å². The number of rotatable bonds is 5. The summed E-state index contributed by atoms with van der Waals surface area (Å²) in [6, 6.07) is 16.7. The van der Waals surface area contributed by atoms with Gasteiger partial charge in [-0.15, -0.1) is 0 Å². The quantitative estimate of drug-likeness (QED) is 0.355. The Bertz CT molecular complexity index is 1530. The molecule has 3 aromatic rings. The van der Waals surface area contributed by atoms with Gasteiger partial charge in [-0.2, -0.15) is 5.26 Å². The molecule has 0 N–H and O–H groups in total. The number of hydrogen-bond donors (Lipinski definition) is 0. The number of ether oxygens (including phenoxy) is 1. The summed E-state index contributed by atoms with van der Waals surface area (Å²) in [5, 5.41) is 9.73. The van der Waals surface area contributed by atoms with Crippen molar-refractivity contribution in [3.05, 3.63) is 82.0 Å². The molecule has 2 aromatic carbocycles. The lowest BCUT2D eigenvalue weighted by Gasteiger charge is -2.42. The lowest BCUT2D eigenvalue weighted by Crippen LogP contribution is -2.55. The maximum absolute atomic E-state index is 14.3. The lowest BCUT2D eigenvalue weighted by atomic mass is 9.87. The number of fused-ring (bicyclic) bond motifs is 2. The van der Waals surface area contributed by atoms with Crippen LogP contribution in [0.25, 0.3) is 0 Å². The molecule has 8 nitrogen and oxygen atoms in total. The van der Waals surface area contributed by atoms with E-state index in [1.165, 1.54) is 5.56 Å². The number of nitriles is 1. The fourth-order valence-corrected chi connectivity index (χ4v) is 6.87. The molecule has 1 saturated heterocycles.